The molecule has 0 fully saturated rings. The van der Waals surface area contributed by atoms with Crippen LogP contribution >= 0.6 is 22.7 Å². The third-order valence-corrected chi connectivity index (χ3v) is 4.67. The highest BCUT2D eigenvalue weighted by atomic mass is 32.1. The van der Waals surface area contributed by atoms with Crippen molar-refractivity contribution in [3.8, 4) is 0 Å². The summed E-state index contributed by atoms with van der Waals surface area (Å²) in [5.41, 5.74) is 4.67. The van der Waals surface area contributed by atoms with Crippen LogP contribution in [0.3, 0.4) is 0 Å². The molecule has 102 valence electrons. The number of thiophene rings is 2. The first-order chi connectivity index (χ1) is 9.10. The predicted octanol–water partition coefficient (Wildman–Crippen LogP) is 2.35. The van der Waals surface area contributed by atoms with E-state index in [0.29, 0.717) is 4.88 Å². The van der Waals surface area contributed by atoms with E-state index >= 15 is 0 Å². The highest BCUT2D eigenvalue weighted by Crippen LogP contribution is 2.23. The van der Waals surface area contributed by atoms with Crippen LogP contribution in [0.25, 0.3) is 0 Å². The fourth-order valence-corrected chi connectivity index (χ4v) is 3.50. The van der Waals surface area contributed by atoms with Crippen molar-refractivity contribution in [1.82, 2.24) is 10.3 Å². The topological polar surface area (TPSA) is 58.4 Å². The molecule has 2 heterocycles. The van der Waals surface area contributed by atoms with Gasteiger partial charge in [0.2, 0.25) is 0 Å². The molecule has 0 aliphatic heterocycles. The van der Waals surface area contributed by atoms with Gasteiger partial charge in [-0.05, 0) is 48.0 Å². The lowest BCUT2D eigenvalue weighted by Gasteiger charge is -2.15. The Morgan fingerprint density at radius 1 is 1.47 bits per heavy atom. The molecule has 0 radical (unpaired) electrons. The van der Waals surface area contributed by atoms with Crippen LogP contribution in [0.15, 0.2) is 22.9 Å². The maximum Gasteiger partial charge on any atom is 0.275 e. The van der Waals surface area contributed by atoms with Gasteiger partial charge in [0.15, 0.2) is 0 Å². The molecule has 2 aromatic rings. The molecule has 0 aromatic carbocycles. The number of carbonyl (C=O) groups excluding carboxylic acids is 1. The Morgan fingerprint density at radius 3 is 2.89 bits per heavy atom. The van der Waals surface area contributed by atoms with E-state index in [-0.39, 0.29) is 5.91 Å². The zero-order chi connectivity index (χ0) is 13.8. The standard InChI is InChI=1S/C13H17N3OS2/c1-9-11(5-12(19-9)13(17)15-14)7-16(2)6-10-3-4-18-8-10/h3-5,8H,6-7,14H2,1-2H3,(H,15,17). The molecule has 2 rings (SSSR count). The lowest BCUT2D eigenvalue weighted by molar-refractivity contribution is 0.0957. The second kappa shape index (κ2) is 6.29. The van der Waals surface area contributed by atoms with Gasteiger partial charge >= 0.3 is 0 Å². The summed E-state index contributed by atoms with van der Waals surface area (Å²) < 4.78 is 0. The summed E-state index contributed by atoms with van der Waals surface area (Å²) >= 11 is 3.19. The average Bonchev–Trinajstić information content (AvgIpc) is 2.99. The monoisotopic (exact) mass is 295 g/mol. The Balaban J connectivity index is 2.02. The van der Waals surface area contributed by atoms with Crippen molar-refractivity contribution in [3.63, 3.8) is 0 Å². The number of carbonyl (C=O) groups is 1. The molecule has 0 atom stereocenters. The fraction of sp³-hybridized carbons (Fsp3) is 0.308. The van der Waals surface area contributed by atoms with Crippen molar-refractivity contribution in [3.05, 3.63) is 43.8 Å². The third kappa shape index (κ3) is 3.63. The van der Waals surface area contributed by atoms with Gasteiger partial charge in [-0.1, -0.05) is 0 Å². The first-order valence-electron chi connectivity index (χ1n) is 5.90. The van der Waals surface area contributed by atoms with Gasteiger partial charge in [-0.3, -0.25) is 15.1 Å². The Hall–Kier alpha value is -1.21. The number of hydrogen-bond acceptors (Lipinski definition) is 5. The van der Waals surface area contributed by atoms with E-state index in [1.807, 2.05) is 13.0 Å². The molecule has 0 unspecified atom stereocenters. The van der Waals surface area contributed by atoms with Gasteiger partial charge in [0, 0.05) is 18.0 Å². The van der Waals surface area contributed by atoms with E-state index < -0.39 is 0 Å². The molecule has 2 aromatic heterocycles. The number of rotatable bonds is 5. The number of aryl methyl sites for hydroxylation is 1. The van der Waals surface area contributed by atoms with E-state index in [9.17, 15) is 4.79 Å². The number of nitrogen functional groups attached to an aromatic ring is 1. The summed E-state index contributed by atoms with van der Waals surface area (Å²) in [6.07, 6.45) is 0. The first-order valence-corrected chi connectivity index (χ1v) is 7.66. The summed E-state index contributed by atoms with van der Waals surface area (Å²) in [5.74, 6) is 4.93. The maximum atomic E-state index is 11.5. The Kier molecular flexibility index (Phi) is 4.71. The van der Waals surface area contributed by atoms with Gasteiger partial charge in [0.05, 0.1) is 4.88 Å². The molecular weight excluding hydrogens is 278 g/mol. The molecule has 3 N–H and O–H groups in total. The number of amides is 1. The Labute approximate surface area is 120 Å². The van der Waals surface area contributed by atoms with Crippen molar-refractivity contribution in [1.29, 1.82) is 0 Å². The quantitative estimate of drug-likeness (QED) is 0.506. The van der Waals surface area contributed by atoms with Crippen LogP contribution in [-0.4, -0.2) is 17.9 Å². The SMILES string of the molecule is Cc1sc(C(=O)NN)cc1CN(C)Cc1ccsc1. The van der Waals surface area contributed by atoms with E-state index in [0.717, 1.165) is 18.0 Å². The van der Waals surface area contributed by atoms with Crippen molar-refractivity contribution in [2.45, 2.75) is 20.0 Å². The minimum atomic E-state index is -0.222. The lowest BCUT2D eigenvalue weighted by atomic mass is 10.2. The predicted molar refractivity (Wildman–Crippen MR) is 80.2 cm³/mol. The number of nitrogens with one attached hydrogen (secondary N) is 1. The zero-order valence-corrected chi connectivity index (χ0v) is 12.6. The van der Waals surface area contributed by atoms with Crippen LogP contribution in [0.2, 0.25) is 0 Å². The zero-order valence-electron chi connectivity index (χ0n) is 11.0. The van der Waals surface area contributed by atoms with E-state index in [4.69, 9.17) is 5.84 Å². The fourth-order valence-electron chi connectivity index (χ4n) is 1.90. The average molecular weight is 295 g/mol. The van der Waals surface area contributed by atoms with Gasteiger partial charge in [-0.15, -0.1) is 11.3 Å². The number of nitrogens with two attached hydrogens (primary N) is 1. The summed E-state index contributed by atoms with van der Waals surface area (Å²) in [4.78, 5) is 15.5. The number of hydrazine groups is 1. The van der Waals surface area contributed by atoms with Gasteiger partial charge in [0.25, 0.3) is 5.91 Å². The molecule has 0 saturated carbocycles. The van der Waals surface area contributed by atoms with Crippen LogP contribution < -0.4 is 11.3 Å². The van der Waals surface area contributed by atoms with Crippen LogP contribution in [-0.2, 0) is 13.1 Å². The van der Waals surface area contributed by atoms with Crippen LogP contribution in [0.5, 0.6) is 0 Å². The maximum absolute atomic E-state index is 11.5. The molecule has 19 heavy (non-hydrogen) atoms. The molecule has 0 saturated heterocycles. The van der Waals surface area contributed by atoms with Crippen LogP contribution in [0.4, 0.5) is 0 Å². The van der Waals surface area contributed by atoms with Gasteiger partial charge < -0.3 is 0 Å². The summed E-state index contributed by atoms with van der Waals surface area (Å²) in [5, 5.41) is 4.24. The van der Waals surface area contributed by atoms with Crippen molar-refractivity contribution in [2.24, 2.45) is 5.84 Å². The smallest absolute Gasteiger partial charge is 0.275 e. The molecule has 0 bridgehead atoms. The molecular formula is C13H17N3OS2. The minimum absolute atomic E-state index is 0.222. The Bertz CT molecular complexity index is 548. The highest BCUT2D eigenvalue weighted by Gasteiger charge is 2.12. The molecule has 0 aliphatic rings. The molecule has 1 amide bonds. The largest absolute Gasteiger partial charge is 0.298 e. The van der Waals surface area contributed by atoms with Gasteiger partial charge in [-0.25, -0.2) is 5.84 Å². The normalized spacial score (nSPS) is 10.9. The summed E-state index contributed by atoms with van der Waals surface area (Å²) in [7, 11) is 2.08. The van der Waals surface area contributed by atoms with Crippen molar-refractivity contribution < 1.29 is 4.79 Å². The van der Waals surface area contributed by atoms with Crippen LogP contribution in [0, 0.1) is 6.92 Å². The molecule has 6 heteroatoms. The molecule has 0 spiro atoms. The van der Waals surface area contributed by atoms with Crippen LogP contribution in [0.1, 0.15) is 25.7 Å². The van der Waals surface area contributed by atoms with Gasteiger partial charge in [-0.2, -0.15) is 11.3 Å². The van der Waals surface area contributed by atoms with Crippen molar-refractivity contribution >= 4 is 28.6 Å². The number of hydrogen-bond donors (Lipinski definition) is 2. The Morgan fingerprint density at radius 2 is 2.26 bits per heavy atom. The van der Waals surface area contributed by atoms with E-state index in [2.05, 4.69) is 34.2 Å². The number of nitrogens with zero attached hydrogens (tertiary/aromatic N) is 1. The van der Waals surface area contributed by atoms with Gasteiger partial charge in [0.1, 0.15) is 0 Å². The minimum Gasteiger partial charge on any atom is -0.298 e. The highest BCUT2D eigenvalue weighted by molar-refractivity contribution is 7.14. The molecule has 4 nitrogen and oxygen atoms in total. The van der Waals surface area contributed by atoms with Crippen molar-refractivity contribution in [2.75, 3.05) is 7.05 Å². The van der Waals surface area contributed by atoms with E-state index in [1.165, 1.54) is 22.5 Å². The second-order valence-corrected chi connectivity index (χ2v) is 6.51. The molecule has 0 aliphatic carbocycles. The summed E-state index contributed by atoms with van der Waals surface area (Å²) in [6, 6.07) is 4.06. The van der Waals surface area contributed by atoms with E-state index in [1.54, 1.807) is 11.3 Å². The lowest BCUT2D eigenvalue weighted by Crippen LogP contribution is -2.29. The second-order valence-electron chi connectivity index (χ2n) is 4.47. The third-order valence-electron chi connectivity index (χ3n) is 2.85. The summed E-state index contributed by atoms with van der Waals surface area (Å²) in [6.45, 7) is 3.78. The first kappa shape index (κ1) is 14.2.